The summed E-state index contributed by atoms with van der Waals surface area (Å²) in [5.41, 5.74) is 1.41. The van der Waals surface area contributed by atoms with E-state index in [0.717, 1.165) is 57.3 Å². The van der Waals surface area contributed by atoms with Crippen molar-refractivity contribution in [1.82, 2.24) is 9.80 Å². The highest BCUT2D eigenvalue weighted by Gasteiger charge is 2.63. The first-order valence-electron chi connectivity index (χ1n) is 11.2. The molecule has 0 unspecified atom stereocenters. The average Bonchev–Trinajstić information content (AvgIpc) is 3.38. The monoisotopic (exact) mass is 424 g/mol. The normalized spacial score (nSPS) is 27.6. The standard InChI is InChI=1S/C25H32N2O4/c1-24(2)15-25(16-26-10-12-30-13-11-26)17-27(14-22(24)25)23(28)21-9-8-20(31-21)18-4-6-19(29-3)7-5-18/h4-9,22H,10-17H2,1-3H3/t22-,25+/m1/s1. The van der Waals surface area contributed by atoms with Gasteiger partial charge in [0, 0.05) is 43.7 Å². The van der Waals surface area contributed by atoms with Crippen LogP contribution >= 0.6 is 0 Å². The van der Waals surface area contributed by atoms with E-state index in [2.05, 4.69) is 18.7 Å². The van der Waals surface area contributed by atoms with E-state index in [1.807, 2.05) is 41.3 Å². The van der Waals surface area contributed by atoms with Crippen LogP contribution in [-0.2, 0) is 4.74 Å². The maximum absolute atomic E-state index is 13.3. The summed E-state index contributed by atoms with van der Waals surface area (Å²) < 4.78 is 16.7. The van der Waals surface area contributed by atoms with Crippen LogP contribution in [0.25, 0.3) is 11.3 Å². The van der Waals surface area contributed by atoms with Gasteiger partial charge in [0.1, 0.15) is 11.5 Å². The topological polar surface area (TPSA) is 55.2 Å². The number of amides is 1. The summed E-state index contributed by atoms with van der Waals surface area (Å²) in [5, 5.41) is 0. The van der Waals surface area contributed by atoms with Gasteiger partial charge in [-0.3, -0.25) is 9.69 Å². The van der Waals surface area contributed by atoms with Crippen LogP contribution in [-0.4, -0.2) is 68.8 Å². The van der Waals surface area contributed by atoms with Gasteiger partial charge < -0.3 is 18.8 Å². The molecule has 0 N–H and O–H groups in total. The fraction of sp³-hybridized carbons (Fsp3) is 0.560. The van der Waals surface area contributed by atoms with Gasteiger partial charge in [0.25, 0.3) is 5.91 Å². The molecule has 0 radical (unpaired) electrons. The first-order valence-corrected chi connectivity index (χ1v) is 11.2. The molecule has 6 nitrogen and oxygen atoms in total. The third-order valence-electron chi connectivity index (χ3n) is 7.52. The second-order valence-electron chi connectivity index (χ2n) is 10.0. The van der Waals surface area contributed by atoms with Crippen LogP contribution in [0.2, 0.25) is 0 Å². The molecule has 5 rings (SSSR count). The quantitative estimate of drug-likeness (QED) is 0.731. The SMILES string of the molecule is COc1ccc(-c2ccc(C(=O)N3C[C@@H]4C(C)(C)C[C@]4(CN4CCOCC4)C3)o2)cc1. The first-order chi connectivity index (χ1) is 14.9. The summed E-state index contributed by atoms with van der Waals surface area (Å²) in [4.78, 5) is 17.9. The molecule has 166 valence electrons. The fourth-order valence-electron chi connectivity index (χ4n) is 6.22. The second-order valence-corrected chi connectivity index (χ2v) is 10.0. The molecule has 1 aliphatic carbocycles. The van der Waals surface area contributed by atoms with Gasteiger partial charge in [-0.25, -0.2) is 0 Å². The summed E-state index contributed by atoms with van der Waals surface area (Å²) in [7, 11) is 1.65. The largest absolute Gasteiger partial charge is 0.497 e. The number of carbonyl (C=O) groups excluding carboxylic acids is 1. The Balaban J connectivity index is 1.31. The summed E-state index contributed by atoms with van der Waals surface area (Å²) in [6, 6.07) is 11.4. The van der Waals surface area contributed by atoms with Gasteiger partial charge in [-0.2, -0.15) is 0 Å². The molecule has 2 saturated heterocycles. The molecule has 0 spiro atoms. The molecular weight excluding hydrogens is 392 g/mol. The zero-order valence-corrected chi connectivity index (χ0v) is 18.7. The molecular formula is C25H32N2O4. The predicted octanol–water partition coefficient (Wildman–Crippen LogP) is 3.78. The van der Waals surface area contributed by atoms with Crippen molar-refractivity contribution < 1.29 is 18.7 Å². The highest BCUT2D eigenvalue weighted by atomic mass is 16.5. The number of fused-ring (bicyclic) bond motifs is 1. The van der Waals surface area contributed by atoms with E-state index >= 15 is 0 Å². The van der Waals surface area contributed by atoms with E-state index in [0.29, 0.717) is 17.4 Å². The number of hydrogen-bond acceptors (Lipinski definition) is 5. The van der Waals surface area contributed by atoms with E-state index in [-0.39, 0.29) is 16.7 Å². The van der Waals surface area contributed by atoms with Crippen LogP contribution < -0.4 is 4.74 Å². The smallest absolute Gasteiger partial charge is 0.289 e. The van der Waals surface area contributed by atoms with E-state index in [1.54, 1.807) is 7.11 Å². The lowest BCUT2D eigenvalue weighted by Crippen LogP contribution is -2.59. The minimum absolute atomic E-state index is 0.00585. The molecule has 1 aromatic heterocycles. The zero-order valence-electron chi connectivity index (χ0n) is 18.7. The average molecular weight is 425 g/mol. The highest BCUT2D eigenvalue weighted by Crippen LogP contribution is 2.63. The van der Waals surface area contributed by atoms with Crippen molar-refractivity contribution in [3.05, 3.63) is 42.2 Å². The Hall–Kier alpha value is -2.31. The van der Waals surface area contributed by atoms with Gasteiger partial charge >= 0.3 is 0 Å². The van der Waals surface area contributed by atoms with Crippen LogP contribution in [0.3, 0.4) is 0 Å². The number of ether oxygens (including phenoxy) is 2. The van der Waals surface area contributed by atoms with Crippen molar-refractivity contribution in [3.8, 4) is 17.1 Å². The van der Waals surface area contributed by atoms with Crippen molar-refractivity contribution in [1.29, 1.82) is 0 Å². The number of furan rings is 1. The molecule has 3 heterocycles. The second kappa shape index (κ2) is 7.68. The minimum Gasteiger partial charge on any atom is -0.497 e. The highest BCUT2D eigenvalue weighted by molar-refractivity contribution is 5.92. The van der Waals surface area contributed by atoms with E-state index in [4.69, 9.17) is 13.9 Å². The Morgan fingerprint density at radius 1 is 1.13 bits per heavy atom. The fourth-order valence-corrected chi connectivity index (χ4v) is 6.22. The lowest BCUT2D eigenvalue weighted by atomic mass is 9.48. The van der Waals surface area contributed by atoms with Crippen LogP contribution in [0.15, 0.2) is 40.8 Å². The maximum atomic E-state index is 13.3. The van der Waals surface area contributed by atoms with E-state index in [9.17, 15) is 4.79 Å². The summed E-state index contributed by atoms with van der Waals surface area (Å²) in [6.45, 7) is 11.0. The lowest BCUT2D eigenvalue weighted by Gasteiger charge is -2.58. The Labute approximate surface area is 184 Å². The molecule has 1 amide bonds. The number of carbonyl (C=O) groups is 1. The third-order valence-corrected chi connectivity index (χ3v) is 7.52. The zero-order chi connectivity index (χ0) is 21.6. The van der Waals surface area contributed by atoms with Crippen molar-refractivity contribution in [2.24, 2.45) is 16.7 Å². The van der Waals surface area contributed by atoms with Crippen LogP contribution in [0, 0.1) is 16.7 Å². The molecule has 2 aromatic rings. The molecule has 1 aromatic carbocycles. The number of benzene rings is 1. The number of likely N-dealkylation sites (tertiary alicyclic amines) is 1. The summed E-state index contributed by atoms with van der Waals surface area (Å²) in [5.74, 6) is 2.46. The number of hydrogen-bond donors (Lipinski definition) is 0. The van der Waals surface area contributed by atoms with Gasteiger partial charge in [0.2, 0.25) is 0 Å². The number of nitrogens with zero attached hydrogens (tertiary/aromatic N) is 2. The molecule has 2 atom stereocenters. The lowest BCUT2D eigenvalue weighted by molar-refractivity contribution is -0.0966. The van der Waals surface area contributed by atoms with Crippen molar-refractivity contribution in [3.63, 3.8) is 0 Å². The molecule has 3 aliphatic rings. The van der Waals surface area contributed by atoms with Crippen molar-refractivity contribution in [2.75, 3.05) is 53.0 Å². The van der Waals surface area contributed by atoms with E-state index < -0.39 is 0 Å². The van der Waals surface area contributed by atoms with Gasteiger partial charge in [0.05, 0.1) is 20.3 Å². The van der Waals surface area contributed by atoms with Crippen molar-refractivity contribution in [2.45, 2.75) is 20.3 Å². The van der Waals surface area contributed by atoms with Gasteiger partial charge in [-0.1, -0.05) is 13.8 Å². The molecule has 0 bridgehead atoms. The third kappa shape index (κ3) is 3.66. The van der Waals surface area contributed by atoms with Gasteiger partial charge in [0.15, 0.2) is 5.76 Å². The van der Waals surface area contributed by atoms with Gasteiger partial charge in [-0.15, -0.1) is 0 Å². The Morgan fingerprint density at radius 2 is 1.87 bits per heavy atom. The number of morpholine rings is 1. The summed E-state index contributed by atoms with van der Waals surface area (Å²) >= 11 is 0. The van der Waals surface area contributed by atoms with Crippen LogP contribution in [0.4, 0.5) is 0 Å². The number of rotatable bonds is 5. The van der Waals surface area contributed by atoms with E-state index in [1.165, 1.54) is 6.42 Å². The predicted molar refractivity (Wildman–Crippen MR) is 118 cm³/mol. The molecule has 1 saturated carbocycles. The maximum Gasteiger partial charge on any atom is 0.289 e. The van der Waals surface area contributed by atoms with Crippen molar-refractivity contribution >= 4 is 5.91 Å². The first kappa shape index (κ1) is 20.6. The molecule has 31 heavy (non-hydrogen) atoms. The Morgan fingerprint density at radius 3 is 2.55 bits per heavy atom. The minimum atomic E-state index is 0.00585. The Bertz CT molecular complexity index is 945. The summed E-state index contributed by atoms with van der Waals surface area (Å²) in [6.07, 6.45) is 1.17. The Kier molecular flexibility index (Phi) is 5.10. The molecule has 6 heteroatoms. The molecule has 3 fully saturated rings. The molecule has 2 aliphatic heterocycles. The van der Waals surface area contributed by atoms with Crippen LogP contribution in [0.1, 0.15) is 30.8 Å². The van der Waals surface area contributed by atoms with Gasteiger partial charge in [-0.05, 0) is 54.2 Å². The number of methoxy groups -OCH3 is 1. The van der Waals surface area contributed by atoms with Crippen LogP contribution in [0.5, 0.6) is 5.75 Å².